The number of hydrogen-bond donors (Lipinski definition) is 0. The topological polar surface area (TPSA) is 80.3 Å². The molecule has 0 bridgehead atoms. The van der Waals surface area contributed by atoms with Gasteiger partial charge in [0.25, 0.3) is 5.91 Å². The van der Waals surface area contributed by atoms with Gasteiger partial charge >= 0.3 is 0 Å². The molecule has 8 heteroatoms. The van der Waals surface area contributed by atoms with E-state index in [9.17, 15) is 4.79 Å². The monoisotopic (exact) mass is 384 g/mol. The van der Waals surface area contributed by atoms with Crippen LogP contribution in [0.3, 0.4) is 0 Å². The highest BCUT2D eigenvalue weighted by Crippen LogP contribution is 2.50. The fraction of sp³-hybridized carbons (Fsp3) is 0.700. The minimum absolute atomic E-state index is 0.00920. The summed E-state index contributed by atoms with van der Waals surface area (Å²) in [5, 5.41) is 8.66. The first kappa shape index (κ1) is 17.8. The van der Waals surface area contributed by atoms with E-state index in [0.717, 1.165) is 63.6 Å². The van der Waals surface area contributed by atoms with Crippen molar-refractivity contribution in [2.24, 2.45) is 5.41 Å². The maximum Gasteiger partial charge on any atom is 0.274 e. The number of piperidine rings is 1. The molecule has 8 nitrogen and oxygen atoms in total. The Morgan fingerprint density at radius 1 is 1.32 bits per heavy atom. The average molecular weight is 384 g/mol. The number of aromatic nitrogens is 4. The number of amides is 1. The molecule has 5 rings (SSSR count). The molecule has 0 aromatic carbocycles. The zero-order chi connectivity index (χ0) is 19.3. The van der Waals surface area contributed by atoms with E-state index in [1.807, 2.05) is 24.1 Å². The number of nitrogens with zero attached hydrogens (tertiary/aromatic N) is 6. The Kier molecular flexibility index (Phi) is 4.26. The Bertz CT molecular complexity index is 862. The summed E-state index contributed by atoms with van der Waals surface area (Å²) in [6, 6.07) is 1.82. The second kappa shape index (κ2) is 6.69. The van der Waals surface area contributed by atoms with Gasteiger partial charge in [0.1, 0.15) is 5.69 Å². The van der Waals surface area contributed by atoms with Crippen molar-refractivity contribution in [1.29, 1.82) is 0 Å². The van der Waals surface area contributed by atoms with Gasteiger partial charge in [0.05, 0.1) is 5.92 Å². The van der Waals surface area contributed by atoms with Crippen molar-refractivity contribution in [1.82, 2.24) is 29.7 Å². The second-order valence-corrected chi connectivity index (χ2v) is 8.73. The van der Waals surface area contributed by atoms with E-state index in [-0.39, 0.29) is 17.2 Å². The Labute approximate surface area is 164 Å². The molecule has 28 heavy (non-hydrogen) atoms. The molecule has 1 aliphatic carbocycles. The SMILES string of the molecule is CCn1ccc(C(=O)N2CC(c3nc(C4CC4)no3)C3(CCN(C)CC3)C2)n1. The first-order valence-corrected chi connectivity index (χ1v) is 10.4. The van der Waals surface area contributed by atoms with E-state index in [1.54, 1.807) is 4.68 Å². The minimum Gasteiger partial charge on any atom is -0.339 e. The highest BCUT2D eigenvalue weighted by atomic mass is 16.5. The molecule has 3 fully saturated rings. The molecule has 1 saturated carbocycles. The van der Waals surface area contributed by atoms with Gasteiger partial charge in [-0.15, -0.1) is 0 Å². The van der Waals surface area contributed by atoms with Crippen molar-refractivity contribution < 1.29 is 9.32 Å². The van der Waals surface area contributed by atoms with Crippen LogP contribution in [0.4, 0.5) is 0 Å². The third kappa shape index (κ3) is 3.03. The summed E-state index contributed by atoms with van der Waals surface area (Å²) in [6.45, 7) is 6.23. The second-order valence-electron chi connectivity index (χ2n) is 8.73. The molecule has 2 aromatic rings. The van der Waals surface area contributed by atoms with Crippen LogP contribution in [0, 0.1) is 5.41 Å². The van der Waals surface area contributed by atoms with Crippen molar-refractivity contribution >= 4 is 5.91 Å². The normalized spacial score (nSPS) is 24.9. The van der Waals surface area contributed by atoms with Gasteiger partial charge in [-0.1, -0.05) is 5.16 Å². The van der Waals surface area contributed by atoms with Gasteiger partial charge in [0.2, 0.25) is 5.89 Å². The summed E-state index contributed by atoms with van der Waals surface area (Å²) in [7, 11) is 2.16. The molecule has 1 unspecified atom stereocenters. The zero-order valence-electron chi connectivity index (χ0n) is 16.7. The van der Waals surface area contributed by atoms with Crippen LogP contribution < -0.4 is 0 Å². The zero-order valence-corrected chi connectivity index (χ0v) is 16.7. The maximum absolute atomic E-state index is 13.1. The van der Waals surface area contributed by atoms with E-state index in [2.05, 4.69) is 22.2 Å². The van der Waals surface area contributed by atoms with Crippen LogP contribution in [0.2, 0.25) is 0 Å². The van der Waals surface area contributed by atoms with Gasteiger partial charge in [-0.3, -0.25) is 9.48 Å². The van der Waals surface area contributed by atoms with Crippen LogP contribution in [-0.4, -0.2) is 68.9 Å². The fourth-order valence-electron chi connectivity index (χ4n) is 4.74. The van der Waals surface area contributed by atoms with E-state index in [1.165, 1.54) is 0 Å². The molecule has 150 valence electrons. The number of carbonyl (C=O) groups excluding carboxylic acids is 1. The van der Waals surface area contributed by atoms with Crippen molar-refractivity contribution in [2.45, 2.75) is 51.0 Å². The molecular weight excluding hydrogens is 356 g/mol. The maximum atomic E-state index is 13.1. The van der Waals surface area contributed by atoms with Crippen LogP contribution in [0.15, 0.2) is 16.8 Å². The third-order valence-electron chi connectivity index (χ3n) is 6.80. The number of hydrogen-bond acceptors (Lipinski definition) is 6. The molecule has 2 aliphatic heterocycles. The lowest BCUT2D eigenvalue weighted by Gasteiger charge is -2.40. The predicted octanol–water partition coefficient (Wildman–Crippen LogP) is 2.12. The number of aryl methyl sites for hydroxylation is 1. The molecule has 0 radical (unpaired) electrons. The summed E-state index contributed by atoms with van der Waals surface area (Å²) < 4.78 is 7.52. The molecular formula is C20H28N6O2. The molecule has 2 aromatic heterocycles. The first-order valence-electron chi connectivity index (χ1n) is 10.4. The highest BCUT2D eigenvalue weighted by Gasteiger charge is 2.52. The fourth-order valence-corrected chi connectivity index (χ4v) is 4.74. The van der Waals surface area contributed by atoms with Crippen LogP contribution in [-0.2, 0) is 6.54 Å². The van der Waals surface area contributed by atoms with Gasteiger partial charge in [-0.05, 0) is 58.8 Å². The molecule has 2 saturated heterocycles. The van der Waals surface area contributed by atoms with Gasteiger partial charge in [0.15, 0.2) is 5.82 Å². The Hall–Kier alpha value is -2.22. The highest BCUT2D eigenvalue weighted by molar-refractivity contribution is 5.92. The van der Waals surface area contributed by atoms with Crippen molar-refractivity contribution in [2.75, 3.05) is 33.2 Å². The Balaban J connectivity index is 1.42. The molecule has 1 amide bonds. The Morgan fingerprint density at radius 3 is 2.79 bits per heavy atom. The van der Waals surface area contributed by atoms with Crippen LogP contribution in [0.5, 0.6) is 0 Å². The molecule has 3 aliphatic rings. The van der Waals surface area contributed by atoms with Crippen LogP contribution in [0.1, 0.15) is 66.6 Å². The third-order valence-corrected chi connectivity index (χ3v) is 6.80. The van der Waals surface area contributed by atoms with Crippen molar-refractivity contribution in [3.8, 4) is 0 Å². The average Bonchev–Trinajstić information content (AvgIpc) is 3.13. The largest absolute Gasteiger partial charge is 0.339 e. The number of rotatable bonds is 4. The van der Waals surface area contributed by atoms with Gasteiger partial charge in [-0.2, -0.15) is 10.1 Å². The van der Waals surface area contributed by atoms with Crippen LogP contribution in [0.25, 0.3) is 0 Å². The van der Waals surface area contributed by atoms with E-state index >= 15 is 0 Å². The van der Waals surface area contributed by atoms with Crippen LogP contribution >= 0.6 is 0 Å². The molecule has 0 N–H and O–H groups in total. The lowest BCUT2D eigenvalue weighted by molar-refractivity contribution is 0.0720. The molecule has 4 heterocycles. The lowest BCUT2D eigenvalue weighted by Crippen LogP contribution is -2.42. The summed E-state index contributed by atoms with van der Waals surface area (Å²) in [4.78, 5) is 22.2. The first-order chi connectivity index (χ1) is 13.6. The quantitative estimate of drug-likeness (QED) is 0.803. The molecule has 1 atom stereocenters. The van der Waals surface area contributed by atoms with Crippen molar-refractivity contribution in [3.63, 3.8) is 0 Å². The Morgan fingerprint density at radius 2 is 2.11 bits per heavy atom. The smallest absolute Gasteiger partial charge is 0.274 e. The van der Waals surface area contributed by atoms with E-state index < -0.39 is 0 Å². The summed E-state index contributed by atoms with van der Waals surface area (Å²) in [6.07, 6.45) is 6.27. The summed E-state index contributed by atoms with van der Waals surface area (Å²) >= 11 is 0. The van der Waals surface area contributed by atoms with Gasteiger partial charge in [0, 0.05) is 37.2 Å². The van der Waals surface area contributed by atoms with E-state index in [4.69, 9.17) is 9.51 Å². The van der Waals surface area contributed by atoms with Gasteiger partial charge < -0.3 is 14.3 Å². The summed E-state index contributed by atoms with van der Waals surface area (Å²) in [5.41, 5.74) is 0.540. The lowest BCUT2D eigenvalue weighted by atomic mass is 9.71. The number of carbonyl (C=O) groups is 1. The summed E-state index contributed by atoms with van der Waals surface area (Å²) in [5.74, 6) is 2.17. The van der Waals surface area contributed by atoms with Crippen molar-refractivity contribution in [3.05, 3.63) is 29.7 Å². The molecule has 1 spiro atoms. The van der Waals surface area contributed by atoms with E-state index in [0.29, 0.717) is 18.2 Å². The standard InChI is InChI=1S/C20H28N6O2/c1-3-26-9-6-16(22-26)19(27)25-12-15(18-21-17(23-28-18)14-4-5-14)20(13-25)7-10-24(2)11-8-20/h6,9,14-15H,3-5,7-8,10-13H2,1-2H3. The van der Waals surface area contributed by atoms with Gasteiger partial charge in [-0.25, -0.2) is 0 Å². The number of likely N-dealkylation sites (tertiary alicyclic amines) is 2. The predicted molar refractivity (Wildman–Crippen MR) is 102 cm³/mol. The minimum atomic E-state index is 0.00920.